The van der Waals surface area contributed by atoms with Gasteiger partial charge in [-0.25, -0.2) is 9.78 Å². The molecule has 0 spiro atoms. The molecule has 25 heavy (non-hydrogen) atoms. The highest BCUT2D eigenvalue weighted by Gasteiger charge is 2.09. The molecule has 0 aliphatic carbocycles. The summed E-state index contributed by atoms with van der Waals surface area (Å²) in [6.07, 6.45) is 1.79. The van der Waals surface area contributed by atoms with E-state index in [0.717, 1.165) is 4.57 Å². The van der Waals surface area contributed by atoms with Crippen LogP contribution in [0.4, 0.5) is 0 Å². The van der Waals surface area contributed by atoms with E-state index in [1.165, 1.54) is 12.3 Å². The Balaban J connectivity index is 2.17. The van der Waals surface area contributed by atoms with Crippen molar-refractivity contribution in [2.24, 2.45) is 0 Å². The highest BCUT2D eigenvalue weighted by atomic mass is 16.2. The number of rotatable bonds is 3. The number of H-pyrrole nitrogens is 2. The standard InChI is InChI=1S/C17H13N5O3/c1-2-12-7-14(23)20-15(19-12)10-4-3-5-13(6-10)22-9-11(8-18)16(24)21-17(22)25/h3-7,9H,2H2,1H3,(H,19,20,23)(H,21,24,25). The van der Waals surface area contributed by atoms with Crippen LogP contribution < -0.4 is 16.8 Å². The zero-order chi connectivity index (χ0) is 18.0. The van der Waals surface area contributed by atoms with Crippen molar-refractivity contribution in [3.8, 4) is 23.1 Å². The fraction of sp³-hybridized carbons (Fsp3) is 0.118. The van der Waals surface area contributed by atoms with Crippen molar-refractivity contribution in [3.05, 3.63) is 79.0 Å². The molecule has 0 saturated carbocycles. The molecule has 3 rings (SSSR count). The second kappa shape index (κ2) is 6.41. The lowest BCUT2D eigenvalue weighted by Crippen LogP contribution is -2.30. The van der Waals surface area contributed by atoms with Crippen LogP contribution in [-0.2, 0) is 6.42 Å². The van der Waals surface area contributed by atoms with E-state index >= 15 is 0 Å². The number of aromatic nitrogens is 4. The average Bonchev–Trinajstić information content (AvgIpc) is 2.61. The smallest absolute Gasteiger partial charge is 0.307 e. The van der Waals surface area contributed by atoms with Gasteiger partial charge >= 0.3 is 5.69 Å². The molecule has 8 heteroatoms. The van der Waals surface area contributed by atoms with Crippen molar-refractivity contribution < 1.29 is 0 Å². The summed E-state index contributed by atoms with van der Waals surface area (Å²) < 4.78 is 1.16. The molecular formula is C17H13N5O3. The lowest BCUT2D eigenvalue weighted by Gasteiger charge is -2.08. The number of nitrogens with one attached hydrogen (secondary N) is 2. The van der Waals surface area contributed by atoms with Crippen molar-refractivity contribution in [3.63, 3.8) is 0 Å². The van der Waals surface area contributed by atoms with Gasteiger partial charge in [-0.2, -0.15) is 5.26 Å². The Morgan fingerprint density at radius 3 is 2.72 bits per heavy atom. The number of benzene rings is 1. The molecule has 3 aromatic rings. The molecule has 0 aliphatic heterocycles. The topological polar surface area (TPSA) is 124 Å². The second-order valence-corrected chi connectivity index (χ2v) is 5.27. The summed E-state index contributed by atoms with van der Waals surface area (Å²) >= 11 is 0. The van der Waals surface area contributed by atoms with Crippen LogP contribution in [0.5, 0.6) is 0 Å². The predicted octanol–water partition coefficient (Wildman–Crippen LogP) is 0.710. The minimum Gasteiger partial charge on any atom is -0.307 e. The van der Waals surface area contributed by atoms with Crippen LogP contribution in [0.25, 0.3) is 17.1 Å². The van der Waals surface area contributed by atoms with Gasteiger partial charge in [-0.15, -0.1) is 0 Å². The van der Waals surface area contributed by atoms with E-state index in [9.17, 15) is 14.4 Å². The molecule has 0 fully saturated rings. The van der Waals surface area contributed by atoms with Gasteiger partial charge in [0, 0.05) is 23.5 Å². The van der Waals surface area contributed by atoms with Crippen molar-refractivity contribution >= 4 is 0 Å². The normalized spacial score (nSPS) is 10.4. The lowest BCUT2D eigenvalue weighted by atomic mass is 10.1. The second-order valence-electron chi connectivity index (χ2n) is 5.27. The minimum absolute atomic E-state index is 0.176. The molecule has 0 amide bonds. The fourth-order valence-corrected chi connectivity index (χ4v) is 2.37. The summed E-state index contributed by atoms with van der Waals surface area (Å²) in [5, 5.41) is 8.97. The number of hydrogen-bond donors (Lipinski definition) is 2. The highest BCUT2D eigenvalue weighted by molar-refractivity contribution is 5.59. The van der Waals surface area contributed by atoms with E-state index in [4.69, 9.17) is 5.26 Å². The first-order valence-corrected chi connectivity index (χ1v) is 7.49. The van der Waals surface area contributed by atoms with Gasteiger partial charge in [0.15, 0.2) is 0 Å². The molecule has 0 bridgehead atoms. The molecule has 0 unspecified atom stereocenters. The minimum atomic E-state index is -0.735. The molecule has 2 N–H and O–H groups in total. The van der Waals surface area contributed by atoms with Crippen LogP contribution >= 0.6 is 0 Å². The zero-order valence-electron chi connectivity index (χ0n) is 13.2. The Bertz CT molecular complexity index is 1160. The van der Waals surface area contributed by atoms with Gasteiger partial charge in [0.1, 0.15) is 17.5 Å². The fourth-order valence-electron chi connectivity index (χ4n) is 2.37. The lowest BCUT2D eigenvalue weighted by molar-refractivity contribution is 0.889. The zero-order valence-corrected chi connectivity index (χ0v) is 13.2. The van der Waals surface area contributed by atoms with Gasteiger partial charge in [-0.3, -0.25) is 19.1 Å². The Morgan fingerprint density at radius 2 is 2.00 bits per heavy atom. The first kappa shape index (κ1) is 16.1. The molecule has 0 atom stereocenters. The average molecular weight is 335 g/mol. The summed E-state index contributed by atoms with van der Waals surface area (Å²) in [7, 11) is 0. The predicted molar refractivity (Wildman–Crippen MR) is 90.6 cm³/mol. The number of nitriles is 1. The monoisotopic (exact) mass is 335 g/mol. The van der Waals surface area contributed by atoms with Gasteiger partial charge < -0.3 is 4.98 Å². The van der Waals surface area contributed by atoms with E-state index in [0.29, 0.717) is 29.2 Å². The quantitative estimate of drug-likeness (QED) is 0.729. The summed E-state index contributed by atoms with van der Waals surface area (Å²) in [6, 6.07) is 9.88. The van der Waals surface area contributed by atoms with Crippen molar-refractivity contribution in [2.45, 2.75) is 13.3 Å². The molecule has 8 nitrogen and oxygen atoms in total. The van der Waals surface area contributed by atoms with Crippen LogP contribution in [0.15, 0.2) is 50.9 Å². The molecule has 0 saturated heterocycles. The van der Waals surface area contributed by atoms with Crippen molar-refractivity contribution in [2.75, 3.05) is 0 Å². The third kappa shape index (κ3) is 3.16. The van der Waals surface area contributed by atoms with E-state index in [1.54, 1.807) is 30.3 Å². The third-order valence-electron chi connectivity index (χ3n) is 3.62. The maximum atomic E-state index is 12.0. The van der Waals surface area contributed by atoms with Crippen LogP contribution in [0.3, 0.4) is 0 Å². The summed E-state index contributed by atoms with van der Waals surface area (Å²) in [6.45, 7) is 1.89. The third-order valence-corrected chi connectivity index (χ3v) is 3.62. The summed E-state index contributed by atoms with van der Waals surface area (Å²) in [5.41, 5.74) is -0.158. The maximum absolute atomic E-state index is 12.0. The van der Waals surface area contributed by atoms with E-state index in [-0.39, 0.29) is 11.1 Å². The molecule has 2 heterocycles. The Kier molecular flexibility index (Phi) is 4.14. The molecule has 124 valence electrons. The Hall–Kier alpha value is -3.73. The Morgan fingerprint density at radius 1 is 1.20 bits per heavy atom. The first-order chi connectivity index (χ1) is 12.0. The van der Waals surface area contributed by atoms with Crippen LogP contribution in [0, 0.1) is 11.3 Å². The molecular weight excluding hydrogens is 322 g/mol. The first-order valence-electron chi connectivity index (χ1n) is 7.49. The van der Waals surface area contributed by atoms with E-state index in [2.05, 4.69) is 15.0 Å². The summed E-state index contributed by atoms with van der Waals surface area (Å²) in [4.78, 5) is 44.4. The highest BCUT2D eigenvalue weighted by Crippen LogP contribution is 2.17. The van der Waals surface area contributed by atoms with Crippen LogP contribution in [0.2, 0.25) is 0 Å². The summed E-state index contributed by atoms with van der Waals surface area (Å²) in [5.74, 6) is 0.379. The Labute approximate surface area is 141 Å². The van der Waals surface area contributed by atoms with E-state index < -0.39 is 11.2 Å². The van der Waals surface area contributed by atoms with Gasteiger partial charge in [-0.1, -0.05) is 19.1 Å². The van der Waals surface area contributed by atoms with Gasteiger partial charge in [0.05, 0.1) is 5.69 Å². The van der Waals surface area contributed by atoms with Crippen LogP contribution in [0.1, 0.15) is 18.2 Å². The largest absolute Gasteiger partial charge is 0.332 e. The molecule has 2 aromatic heterocycles. The maximum Gasteiger partial charge on any atom is 0.332 e. The SMILES string of the molecule is CCc1cc(=O)[nH]c(-c2cccc(-n3cc(C#N)c(=O)[nH]c3=O)c2)n1. The number of nitrogens with zero attached hydrogens (tertiary/aromatic N) is 3. The van der Waals surface area contributed by atoms with E-state index in [1.807, 2.05) is 6.92 Å². The molecule has 1 aromatic carbocycles. The molecule has 0 radical (unpaired) electrons. The van der Waals surface area contributed by atoms with Crippen LogP contribution in [-0.4, -0.2) is 19.5 Å². The number of aromatic amines is 2. The van der Waals surface area contributed by atoms with Gasteiger partial charge in [0.2, 0.25) is 0 Å². The molecule has 0 aliphatic rings. The number of hydrogen-bond acceptors (Lipinski definition) is 5. The van der Waals surface area contributed by atoms with Gasteiger partial charge in [0.25, 0.3) is 11.1 Å². The van der Waals surface area contributed by atoms with Gasteiger partial charge in [-0.05, 0) is 18.6 Å². The van der Waals surface area contributed by atoms with Crippen molar-refractivity contribution in [1.29, 1.82) is 5.26 Å². The number of aryl methyl sites for hydroxylation is 1. The van der Waals surface area contributed by atoms with Crippen molar-refractivity contribution in [1.82, 2.24) is 19.5 Å².